The Hall–Kier alpha value is -2.95. The van der Waals surface area contributed by atoms with Crippen molar-refractivity contribution in [3.8, 4) is 0 Å². The molecule has 0 bridgehead atoms. The van der Waals surface area contributed by atoms with Crippen molar-refractivity contribution in [3.63, 3.8) is 0 Å². The summed E-state index contributed by atoms with van der Waals surface area (Å²) in [6.45, 7) is 1.66. The molecule has 1 heterocycles. The fraction of sp³-hybridized carbons (Fsp3) is 0.211. The lowest BCUT2D eigenvalue weighted by Gasteiger charge is -2.22. The molecule has 3 rings (SSSR count). The lowest BCUT2D eigenvalue weighted by atomic mass is 10.1. The number of benzene rings is 2. The van der Waals surface area contributed by atoms with Crippen LogP contribution in [0, 0.1) is 0 Å². The van der Waals surface area contributed by atoms with Gasteiger partial charge in [-0.25, -0.2) is 4.79 Å². The molecule has 24 heavy (non-hydrogen) atoms. The summed E-state index contributed by atoms with van der Waals surface area (Å²) in [6.07, 6.45) is 1.49. The number of para-hydroxylation sites is 1. The van der Waals surface area contributed by atoms with Crippen LogP contribution in [0.25, 0.3) is 0 Å². The van der Waals surface area contributed by atoms with Gasteiger partial charge in [0.1, 0.15) is 6.29 Å². The number of hydrogen-bond donors (Lipinski definition) is 0. The highest BCUT2D eigenvalue weighted by molar-refractivity contribution is 5.99. The van der Waals surface area contributed by atoms with E-state index in [2.05, 4.69) is 0 Å². The zero-order chi connectivity index (χ0) is 17.1. The zero-order valence-corrected chi connectivity index (χ0v) is 13.3. The number of aldehydes is 1. The van der Waals surface area contributed by atoms with Gasteiger partial charge in [-0.3, -0.25) is 9.59 Å². The fourth-order valence-electron chi connectivity index (χ4n) is 2.92. The summed E-state index contributed by atoms with van der Waals surface area (Å²) in [5.41, 5.74) is 2.78. The zero-order valence-electron chi connectivity index (χ0n) is 13.3. The second-order valence-corrected chi connectivity index (χ2v) is 5.76. The number of esters is 1. The van der Waals surface area contributed by atoms with Crippen LogP contribution in [0.15, 0.2) is 48.5 Å². The van der Waals surface area contributed by atoms with Crippen molar-refractivity contribution in [3.05, 3.63) is 65.2 Å². The Morgan fingerprint density at radius 3 is 2.58 bits per heavy atom. The number of carbonyl (C=O) groups excluding carboxylic acids is 3. The van der Waals surface area contributed by atoms with Gasteiger partial charge in [0.25, 0.3) is 5.91 Å². The van der Waals surface area contributed by atoms with Crippen molar-refractivity contribution >= 4 is 23.9 Å². The van der Waals surface area contributed by atoms with Gasteiger partial charge in [0.05, 0.1) is 5.56 Å². The van der Waals surface area contributed by atoms with Crippen molar-refractivity contribution < 1.29 is 19.1 Å². The van der Waals surface area contributed by atoms with Gasteiger partial charge in [0.15, 0.2) is 6.61 Å². The molecule has 1 amide bonds. The van der Waals surface area contributed by atoms with Crippen molar-refractivity contribution in [2.45, 2.75) is 19.4 Å². The molecule has 0 unspecified atom stereocenters. The summed E-state index contributed by atoms with van der Waals surface area (Å²) in [6, 6.07) is 13.8. The van der Waals surface area contributed by atoms with Gasteiger partial charge in [0, 0.05) is 17.3 Å². The average molecular weight is 323 g/mol. The van der Waals surface area contributed by atoms with Gasteiger partial charge >= 0.3 is 5.97 Å². The molecule has 0 spiro atoms. The van der Waals surface area contributed by atoms with E-state index in [4.69, 9.17) is 4.74 Å². The van der Waals surface area contributed by atoms with E-state index < -0.39 is 5.97 Å². The van der Waals surface area contributed by atoms with E-state index >= 15 is 0 Å². The Labute approximate surface area is 139 Å². The number of fused-ring (bicyclic) bond motifs is 1. The van der Waals surface area contributed by atoms with Crippen LogP contribution in [0.4, 0.5) is 5.69 Å². The fourth-order valence-corrected chi connectivity index (χ4v) is 2.92. The Morgan fingerprint density at radius 2 is 1.88 bits per heavy atom. The van der Waals surface area contributed by atoms with Crippen LogP contribution in [-0.2, 0) is 16.0 Å². The number of amides is 1. The van der Waals surface area contributed by atoms with Gasteiger partial charge in [-0.2, -0.15) is 0 Å². The summed E-state index contributed by atoms with van der Waals surface area (Å²) < 4.78 is 5.12. The maximum Gasteiger partial charge on any atom is 0.338 e. The number of ether oxygens (including phenoxy) is 1. The number of anilines is 1. The molecule has 1 atom stereocenters. The second-order valence-electron chi connectivity index (χ2n) is 5.76. The van der Waals surface area contributed by atoms with E-state index in [0.717, 1.165) is 17.7 Å². The Kier molecular flexibility index (Phi) is 4.42. The minimum Gasteiger partial charge on any atom is -0.452 e. The molecule has 2 aromatic rings. The molecule has 0 saturated carbocycles. The SMILES string of the molecule is C[C@H]1Cc2ccccc2N1C(=O)COC(=O)c1ccc(C=O)cc1. The second kappa shape index (κ2) is 6.66. The van der Waals surface area contributed by atoms with E-state index in [1.54, 1.807) is 4.90 Å². The molecule has 5 heteroatoms. The third-order valence-corrected chi connectivity index (χ3v) is 4.09. The minimum absolute atomic E-state index is 0.0421. The lowest BCUT2D eigenvalue weighted by Crippen LogP contribution is -2.38. The third kappa shape index (κ3) is 3.06. The van der Waals surface area contributed by atoms with Crippen molar-refractivity contribution in [2.75, 3.05) is 11.5 Å². The first-order chi connectivity index (χ1) is 11.6. The first-order valence-electron chi connectivity index (χ1n) is 7.72. The standard InChI is InChI=1S/C19H17NO4/c1-13-10-16-4-2-3-5-17(16)20(13)18(22)12-24-19(23)15-8-6-14(11-21)7-9-15/h2-9,11,13H,10,12H2,1H3/t13-/m0/s1. The number of rotatable bonds is 4. The summed E-state index contributed by atoms with van der Waals surface area (Å²) in [4.78, 5) is 36.8. The summed E-state index contributed by atoms with van der Waals surface area (Å²) in [7, 11) is 0. The quantitative estimate of drug-likeness (QED) is 0.641. The normalized spacial score (nSPS) is 15.7. The Bertz CT molecular complexity index is 782. The highest BCUT2D eigenvalue weighted by atomic mass is 16.5. The predicted molar refractivity (Wildman–Crippen MR) is 89.2 cm³/mol. The molecule has 0 fully saturated rings. The largest absolute Gasteiger partial charge is 0.452 e. The summed E-state index contributed by atoms with van der Waals surface area (Å²) in [5.74, 6) is -0.828. The molecule has 0 radical (unpaired) electrons. The Balaban J connectivity index is 1.65. The molecule has 2 aromatic carbocycles. The van der Waals surface area contributed by atoms with Crippen LogP contribution < -0.4 is 4.90 Å². The molecule has 0 aromatic heterocycles. The highest BCUT2D eigenvalue weighted by Gasteiger charge is 2.30. The van der Waals surface area contributed by atoms with Gasteiger partial charge in [-0.1, -0.05) is 30.3 Å². The van der Waals surface area contributed by atoms with Crippen molar-refractivity contribution in [1.29, 1.82) is 0 Å². The molecular formula is C19H17NO4. The molecule has 0 N–H and O–H groups in total. The average Bonchev–Trinajstić information content (AvgIpc) is 2.95. The van der Waals surface area contributed by atoms with Crippen LogP contribution >= 0.6 is 0 Å². The van der Waals surface area contributed by atoms with Gasteiger partial charge in [-0.15, -0.1) is 0 Å². The maximum absolute atomic E-state index is 12.5. The monoisotopic (exact) mass is 323 g/mol. The topological polar surface area (TPSA) is 63.7 Å². The van der Waals surface area contributed by atoms with Crippen LogP contribution in [0.1, 0.15) is 33.2 Å². The first kappa shape index (κ1) is 15.9. The molecule has 1 aliphatic rings. The number of hydrogen-bond acceptors (Lipinski definition) is 4. The van der Waals surface area contributed by atoms with E-state index in [0.29, 0.717) is 17.4 Å². The first-order valence-corrected chi connectivity index (χ1v) is 7.72. The predicted octanol–water partition coefficient (Wildman–Crippen LogP) is 2.63. The van der Waals surface area contributed by atoms with Gasteiger partial charge < -0.3 is 9.64 Å². The van der Waals surface area contributed by atoms with Crippen LogP contribution in [0.3, 0.4) is 0 Å². The summed E-state index contributed by atoms with van der Waals surface area (Å²) >= 11 is 0. The van der Waals surface area contributed by atoms with Crippen molar-refractivity contribution in [2.24, 2.45) is 0 Å². The van der Waals surface area contributed by atoms with Crippen LogP contribution in [0.2, 0.25) is 0 Å². The third-order valence-electron chi connectivity index (χ3n) is 4.09. The van der Waals surface area contributed by atoms with Gasteiger partial charge in [-0.05, 0) is 37.1 Å². The van der Waals surface area contributed by atoms with Crippen LogP contribution in [-0.4, -0.2) is 30.8 Å². The molecule has 0 saturated heterocycles. The molecule has 5 nitrogen and oxygen atoms in total. The maximum atomic E-state index is 12.5. The number of carbonyl (C=O) groups is 3. The molecular weight excluding hydrogens is 306 g/mol. The van der Waals surface area contributed by atoms with E-state index in [1.807, 2.05) is 31.2 Å². The van der Waals surface area contributed by atoms with Crippen molar-refractivity contribution in [1.82, 2.24) is 0 Å². The number of nitrogens with zero attached hydrogens (tertiary/aromatic N) is 1. The van der Waals surface area contributed by atoms with Crippen LogP contribution in [0.5, 0.6) is 0 Å². The lowest BCUT2D eigenvalue weighted by molar-refractivity contribution is -0.122. The molecule has 122 valence electrons. The van der Waals surface area contributed by atoms with Gasteiger partial charge in [0.2, 0.25) is 0 Å². The molecule has 0 aliphatic carbocycles. The minimum atomic E-state index is -0.582. The molecule has 1 aliphatic heterocycles. The highest BCUT2D eigenvalue weighted by Crippen LogP contribution is 2.31. The van der Waals surface area contributed by atoms with E-state index in [1.165, 1.54) is 24.3 Å². The smallest absolute Gasteiger partial charge is 0.338 e. The Morgan fingerprint density at radius 1 is 1.17 bits per heavy atom. The van der Waals surface area contributed by atoms with E-state index in [9.17, 15) is 14.4 Å². The summed E-state index contributed by atoms with van der Waals surface area (Å²) in [5, 5.41) is 0. The van der Waals surface area contributed by atoms with E-state index in [-0.39, 0.29) is 18.6 Å².